The Morgan fingerprint density at radius 3 is 2.42 bits per heavy atom. The molecular formula is C16H12ClN3O4. The highest BCUT2D eigenvalue weighted by molar-refractivity contribution is 6.30. The molecule has 0 aliphatic carbocycles. The van der Waals surface area contributed by atoms with Crippen LogP contribution in [0.25, 0.3) is 6.08 Å². The molecule has 8 heteroatoms. The van der Waals surface area contributed by atoms with E-state index >= 15 is 0 Å². The fourth-order valence-electron chi connectivity index (χ4n) is 1.75. The number of hydrogen-bond acceptors (Lipinski definition) is 4. The van der Waals surface area contributed by atoms with Gasteiger partial charge < -0.3 is 0 Å². The Morgan fingerprint density at radius 1 is 1.08 bits per heavy atom. The van der Waals surface area contributed by atoms with Crippen LogP contribution in [0.1, 0.15) is 15.9 Å². The molecule has 0 heterocycles. The molecule has 0 fully saturated rings. The van der Waals surface area contributed by atoms with E-state index in [9.17, 15) is 19.7 Å². The number of nitrogens with zero attached hydrogens (tertiary/aromatic N) is 1. The molecule has 2 aromatic carbocycles. The van der Waals surface area contributed by atoms with Crippen molar-refractivity contribution in [2.45, 2.75) is 0 Å². The lowest BCUT2D eigenvalue weighted by Gasteiger charge is -2.05. The highest BCUT2D eigenvalue weighted by atomic mass is 35.5. The zero-order chi connectivity index (χ0) is 17.5. The summed E-state index contributed by atoms with van der Waals surface area (Å²) < 4.78 is 0. The van der Waals surface area contributed by atoms with Crippen molar-refractivity contribution in [3.8, 4) is 0 Å². The summed E-state index contributed by atoms with van der Waals surface area (Å²) >= 11 is 5.83. The van der Waals surface area contributed by atoms with Gasteiger partial charge in [0.25, 0.3) is 17.5 Å². The second kappa shape index (κ2) is 7.89. The van der Waals surface area contributed by atoms with E-state index in [2.05, 4.69) is 10.9 Å². The highest BCUT2D eigenvalue weighted by Crippen LogP contribution is 2.12. The van der Waals surface area contributed by atoms with Gasteiger partial charge in [-0.25, -0.2) is 0 Å². The quantitative estimate of drug-likeness (QED) is 0.505. The van der Waals surface area contributed by atoms with E-state index in [1.165, 1.54) is 30.3 Å². The molecule has 2 N–H and O–H groups in total. The number of halogens is 1. The summed E-state index contributed by atoms with van der Waals surface area (Å²) in [5.74, 6) is -1.13. The summed E-state index contributed by atoms with van der Waals surface area (Å²) in [6.07, 6.45) is 2.78. The number of carbonyl (C=O) groups excluding carboxylic acids is 2. The van der Waals surface area contributed by atoms with Crippen LogP contribution in [0.3, 0.4) is 0 Å². The first kappa shape index (κ1) is 17.2. The molecular weight excluding hydrogens is 334 g/mol. The van der Waals surface area contributed by atoms with Gasteiger partial charge in [-0.05, 0) is 35.9 Å². The second-order valence-electron chi connectivity index (χ2n) is 4.64. The Hall–Kier alpha value is -3.19. The molecule has 0 aromatic heterocycles. The third kappa shape index (κ3) is 4.92. The number of hydrazine groups is 1. The van der Waals surface area contributed by atoms with Crippen LogP contribution < -0.4 is 10.9 Å². The average Bonchev–Trinajstić information content (AvgIpc) is 2.58. The van der Waals surface area contributed by atoms with Crippen molar-refractivity contribution in [3.63, 3.8) is 0 Å². The number of nitrogens with one attached hydrogen (secondary N) is 2. The lowest BCUT2D eigenvalue weighted by molar-refractivity contribution is -0.384. The lowest BCUT2D eigenvalue weighted by Crippen LogP contribution is -2.40. The van der Waals surface area contributed by atoms with Gasteiger partial charge in [-0.2, -0.15) is 0 Å². The second-order valence-corrected chi connectivity index (χ2v) is 5.07. The van der Waals surface area contributed by atoms with Gasteiger partial charge in [0.05, 0.1) is 4.92 Å². The predicted octanol–water partition coefficient (Wildman–Crippen LogP) is 2.72. The van der Waals surface area contributed by atoms with Crippen molar-refractivity contribution in [2.75, 3.05) is 0 Å². The van der Waals surface area contributed by atoms with Crippen LogP contribution in [-0.2, 0) is 4.79 Å². The first-order valence-corrected chi connectivity index (χ1v) is 7.12. The van der Waals surface area contributed by atoms with Crippen LogP contribution in [0.5, 0.6) is 0 Å². The summed E-state index contributed by atoms with van der Waals surface area (Å²) in [6.45, 7) is 0. The summed E-state index contributed by atoms with van der Waals surface area (Å²) in [6, 6.07) is 11.9. The molecule has 2 amide bonds. The van der Waals surface area contributed by atoms with Crippen molar-refractivity contribution in [3.05, 3.63) is 80.9 Å². The van der Waals surface area contributed by atoms with Gasteiger partial charge in [-0.15, -0.1) is 0 Å². The summed E-state index contributed by atoms with van der Waals surface area (Å²) in [5, 5.41) is 11.1. The first-order valence-electron chi connectivity index (χ1n) is 6.74. The molecule has 0 aliphatic rings. The minimum Gasteiger partial charge on any atom is -0.268 e. The molecule has 0 radical (unpaired) electrons. The van der Waals surface area contributed by atoms with Crippen LogP contribution >= 0.6 is 11.6 Å². The van der Waals surface area contributed by atoms with E-state index in [1.54, 1.807) is 30.3 Å². The fourth-order valence-corrected chi connectivity index (χ4v) is 1.95. The molecule has 0 bridgehead atoms. The van der Waals surface area contributed by atoms with Crippen molar-refractivity contribution < 1.29 is 14.5 Å². The van der Waals surface area contributed by atoms with Gasteiger partial charge in [0.15, 0.2) is 0 Å². The van der Waals surface area contributed by atoms with Crippen LogP contribution in [-0.4, -0.2) is 16.7 Å². The molecule has 2 aromatic rings. The fraction of sp³-hybridized carbons (Fsp3) is 0. The third-order valence-electron chi connectivity index (χ3n) is 2.92. The van der Waals surface area contributed by atoms with Gasteiger partial charge in [0, 0.05) is 28.8 Å². The third-order valence-corrected chi connectivity index (χ3v) is 3.15. The largest absolute Gasteiger partial charge is 0.269 e. The van der Waals surface area contributed by atoms with Crippen molar-refractivity contribution in [1.29, 1.82) is 0 Å². The van der Waals surface area contributed by atoms with Crippen molar-refractivity contribution in [1.82, 2.24) is 10.9 Å². The van der Waals surface area contributed by atoms with Crippen molar-refractivity contribution in [2.24, 2.45) is 0 Å². The minimum atomic E-state index is -0.589. The highest BCUT2D eigenvalue weighted by Gasteiger charge is 2.09. The number of hydrogen-bond donors (Lipinski definition) is 2. The molecule has 0 spiro atoms. The van der Waals surface area contributed by atoms with Gasteiger partial charge in [-0.3, -0.25) is 30.6 Å². The molecule has 122 valence electrons. The van der Waals surface area contributed by atoms with Crippen molar-refractivity contribution >= 4 is 35.2 Å². The van der Waals surface area contributed by atoms with Gasteiger partial charge in [0.1, 0.15) is 0 Å². The lowest BCUT2D eigenvalue weighted by atomic mass is 10.2. The number of rotatable bonds is 4. The molecule has 7 nitrogen and oxygen atoms in total. The van der Waals surface area contributed by atoms with Crippen LogP contribution in [0.4, 0.5) is 5.69 Å². The van der Waals surface area contributed by atoms with Crippen LogP contribution in [0, 0.1) is 10.1 Å². The predicted molar refractivity (Wildman–Crippen MR) is 89.2 cm³/mol. The zero-order valence-corrected chi connectivity index (χ0v) is 13.0. The molecule has 0 atom stereocenters. The zero-order valence-electron chi connectivity index (χ0n) is 12.2. The normalized spacial score (nSPS) is 10.4. The monoisotopic (exact) mass is 345 g/mol. The Balaban J connectivity index is 1.89. The Morgan fingerprint density at radius 2 is 1.79 bits per heavy atom. The number of nitro benzene ring substituents is 1. The van der Waals surface area contributed by atoms with E-state index in [0.29, 0.717) is 5.02 Å². The molecule has 2 rings (SSSR count). The first-order chi connectivity index (χ1) is 11.5. The van der Waals surface area contributed by atoms with Gasteiger partial charge >= 0.3 is 0 Å². The maximum absolute atomic E-state index is 11.8. The maximum atomic E-state index is 11.8. The summed E-state index contributed by atoms with van der Waals surface area (Å²) in [5.41, 5.74) is 5.21. The van der Waals surface area contributed by atoms with Gasteiger partial charge in [0.2, 0.25) is 0 Å². The van der Waals surface area contributed by atoms with Crippen LogP contribution in [0.2, 0.25) is 5.02 Å². The molecule has 0 saturated carbocycles. The van der Waals surface area contributed by atoms with Gasteiger partial charge in [-0.1, -0.05) is 23.7 Å². The molecule has 0 saturated heterocycles. The molecule has 0 unspecified atom stereocenters. The Bertz CT molecular complexity index is 803. The topological polar surface area (TPSA) is 101 Å². The van der Waals surface area contributed by atoms with E-state index in [-0.39, 0.29) is 11.3 Å². The number of non-ortho nitro benzene ring substituents is 1. The maximum Gasteiger partial charge on any atom is 0.269 e. The Kier molecular flexibility index (Phi) is 5.64. The summed E-state index contributed by atoms with van der Waals surface area (Å²) in [4.78, 5) is 33.4. The molecule has 24 heavy (non-hydrogen) atoms. The molecule has 0 aliphatic heterocycles. The van der Waals surface area contributed by atoms with E-state index in [0.717, 1.165) is 5.56 Å². The number of benzene rings is 2. The minimum absolute atomic E-state index is 0.125. The van der Waals surface area contributed by atoms with E-state index in [1.807, 2.05) is 0 Å². The number of nitro groups is 1. The Labute approximate surface area is 142 Å². The summed E-state index contributed by atoms with van der Waals surface area (Å²) in [7, 11) is 0. The number of carbonyl (C=O) groups is 2. The SMILES string of the molecule is O=C(/C=C/c1cccc(Cl)c1)NNC(=O)c1ccc([N+](=O)[O-])cc1. The van der Waals surface area contributed by atoms with E-state index in [4.69, 9.17) is 11.6 Å². The van der Waals surface area contributed by atoms with Crippen LogP contribution in [0.15, 0.2) is 54.6 Å². The van der Waals surface area contributed by atoms with E-state index < -0.39 is 16.7 Å². The average molecular weight is 346 g/mol. The smallest absolute Gasteiger partial charge is 0.268 e. The number of amides is 2. The standard InChI is InChI=1S/C16H12ClN3O4/c17-13-3-1-2-11(10-13)4-9-15(21)18-19-16(22)12-5-7-14(8-6-12)20(23)24/h1-10H,(H,18,21)(H,19,22)/b9-4+.